The number of carbonyl (C=O) groups is 1. The molecule has 1 N–H and O–H groups in total. The first-order valence-corrected chi connectivity index (χ1v) is 13.2. The summed E-state index contributed by atoms with van der Waals surface area (Å²) in [6.45, 7) is 6.59. The van der Waals surface area contributed by atoms with E-state index in [0.717, 1.165) is 57.8 Å². The Morgan fingerprint density at radius 3 is 2.29 bits per heavy atom. The molecular weight excluding hydrogens is 460 g/mol. The van der Waals surface area contributed by atoms with Gasteiger partial charge in [-0.1, -0.05) is 42.0 Å². The van der Waals surface area contributed by atoms with Crippen molar-refractivity contribution in [3.8, 4) is 0 Å². The van der Waals surface area contributed by atoms with Gasteiger partial charge in [-0.3, -0.25) is 4.79 Å². The molecule has 1 aliphatic rings. The summed E-state index contributed by atoms with van der Waals surface area (Å²) < 4.78 is 29.3. The first-order valence-electron chi connectivity index (χ1n) is 11.7. The Bertz CT molecular complexity index is 1520. The average Bonchev–Trinajstić information content (AvgIpc) is 3.58. The second-order valence-electron chi connectivity index (χ2n) is 9.42. The van der Waals surface area contributed by atoms with E-state index in [4.69, 9.17) is 9.97 Å². The van der Waals surface area contributed by atoms with Crippen LogP contribution in [0.2, 0.25) is 0 Å². The molecule has 0 radical (unpaired) electrons. The number of pyridine rings is 1. The van der Waals surface area contributed by atoms with E-state index in [1.807, 2.05) is 38.1 Å². The minimum atomic E-state index is -3.89. The second kappa shape index (κ2) is 8.92. The van der Waals surface area contributed by atoms with Gasteiger partial charge in [0.15, 0.2) is 5.65 Å². The molecule has 1 amide bonds. The topological polar surface area (TPSA) is 94.0 Å². The van der Waals surface area contributed by atoms with Gasteiger partial charge >= 0.3 is 0 Å². The van der Waals surface area contributed by atoms with Crippen LogP contribution in [0, 0.1) is 20.8 Å². The molecule has 4 aromatic rings. The molecule has 0 atom stereocenters. The molecule has 0 aliphatic heterocycles. The van der Waals surface area contributed by atoms with Crippen molar-refractivity contribution in [2.24, 2.45) is 0 Å². The number of nitrogens with one attached hydrogen (secondary N) is 1. The number of rotatable bonds is 7. The van der Waals surface area contributed by atoms with Crippen LogP contribution in [0.3, 0.4) is 0 Å². The molecular formula is C27H28N4O3S. The third-order valence-corrected chi connectivity index (χ3v) is 7.69. The Hall–Kier alpha value is -3.52. The second-order valence-corrected chi connectivity index (χ2v) is 11.1. The van der Waals surface area contributed by atoms with Gasteiger partial charge in [0, 0.05) is 11.6 Å². The molecule has 0 unspecified atom stereocenters. The summed E-state index contributed by atoms with van der Waals surface area (Å²) in [5, 5.41) is 0. The van der Waals surface area contributed by atoms with E-state index in [1.54, 1.807) is 12.1 Å². The summed E-state index contributed by atoms with van der Waals surface area (Å²) in [7, 11) is -3.89. The molecule has 8 heteroatoms. The number of nitrogens with zero attached hydrogens (tertiary/aromatic N) is 3. The smallest absolute Gasteiger partial charge is 0.264 e. The number of amides is 1. The fourth-order valence-electron chi connectivity index (χ4n) is 4.32. The number of fused-ring (bicyclic) bond motifs is 1. The Morgan fingerprint density at radius 2 is 1.63 bits per heavy atom. The van der Waals surface area contributed by atoms with Gasteiger partial charge in [-0.05, 0) is 68.5 Å². The van der Waals surface area contributed by atoms with Crippen molar-refractivity contribution in [3.63, 3.8) is 0 Å². The highest BCUT2D eigenvalue weighted by molar-refractivity contribution is 7.90. The Labute approximate surface area is 205 Å². The van der Waals surface area contributed by atoms with Gasteiger partial charge in [-0.2, -0.15) is 0 Å². The van der Waals surface area contributed by atoms with Gasteiger partial charge in [-0.15, -0.1) is 0 Å². The molecule has 7 nitrogen and oxygen atoms in total. The van der Waals surface area contributed by atoms with Crippen molar-refractivity contribution >= 4 is 27.1 Å². The van der Waals surface area contributed by atoms with Gasteiger partial charge in [0.05, 0.1) is 17.9 Å². The molecule has 180 valence electrons. The van der Waals surface area contributed by atoms with Crippen molar-refractivity contribution in [1.29, 1.82) is 0 Å². The molecule has 1 saturated carbocycles. The minimum absolute atomic E-state index is 0.0212. The highest BCUT2D eigenvalue weighted by atomic mass is 32.2. The van der Waals surface area contributed by atoms with Crippen molar-refractivity contribution in [2.75, 3.05) is 0 Å². The number of imidazole rings is 1. The molecule has 1 aliphatic carbocycles. The quantitative estimate of drug-likeness (QED) is 0.418. The van der Waals surface area contributed by atoms with Gasteiger partial charge < -0.3 is 4.57 Å². The zero-order chi connectivity index (χ0) is 24.7. The van der Waals surface area contributed by atoms with Gasteiger partial charge in [0.25, 0.3) is 10.0 Å². The molecule has 0 saturated heterocycles. The summed E-state index contributed by atoms with van der Waals surface area (Å²) in [6.07, 6.45) is 2.29. The average molecular weight is 489 g/mol. The largest absolute Gasteiger partial charge is 0.308 e. The predicted molar refractivity (Wildman–Crippen MR) is 135 cm³/mol. The minimum Gasteiger partial charge on any atom is -0.308 e. The lowest BCUT2D eigenvalue weighted by molar-refractivity contribution is -0.118. The van der Waals surface area contributed by atoms with E-state index in [1.165, 1.54) is 12.1 Å². The lowest BCUT2D eigenvalue weighted by Crippen LogP contribution is -2.31. The summed E-state index contributed by atoms with van der Waals surface area (Å²) in [5.74, 6) is 1.01. The lowest BCUT2D eigenvalue weighted by Gasteiger charge is -2.10. The van der Waals surface area contributed by atoms with Crippen LogP contribution in [0.25, 0.3) is 11.2 Å². The van der Waals surface area contributed by atoms with E-state index < -0.39 is 15.9 Å². The number of carbonyl (C=O) groups excluding carboxylic acids is 1. The highest BCUT2D eigenvalue weighted by Crippen LogP contribution is 2.41. The number of aryl methyl sites for hydroxylation is 3. The first kappa shape index (κ1) is 23.2. The monoisotopic (exact) mass is 488 g/mol. The molecule has 2 aromatic heterocycles. The van der Waals surface area contributed by atoms with Crippen LogP contribution in [-0.2, 0) is 27.8 Å². The number of hydrogen-bond donors (Lipinski definition) is 1. The Morgan fingerprint density at radius 1 is 0.971 bits per heavy atom. The molecule has 0 spiro atoms. The zero-order valence-electron chi connectivity index (χ0n) is 20.1. The van der Waals surface area contributed by atoms with Crippen LogP contribution in [0.4, 0.5) is 0 Å². The van der Waals surface area contributed by atoms with E-state index >= 15 is 0 Å². The fourth-order valence-corrected chi connectivity index (χ4v) is 5.31. The SMILES string of the molecule is Cc1ccc(S(=O)(=O)NC(=O)Cc2ccc(Cn3c(C4CC4)nc4c(C)cc(C)nc43)cc2)cc1. The third kappa shape index (κ3) is 4.98. The van der Waals surface area contributed by atoms with E-state index in [0.29, 0.717) is 12.5 Å². The fraction of sp³-hybridized carbons (Fsp3) is 0.296. The molecule has 35 heavy (non-hydrogen) atoms. The van der Waals surface area contributed by atoms with Gasteiger partial charge in [-0.25, -0.2) is 23.1 Å². The van der Waals surface area contributed by atoms with Crippen LogP contribution in [0.15, 0.2) is 59.5 Å². The van der Waals surface area contributed by atoms with E-state index in [9.17, 15) is 13.2 Å². The summed E-state index contributed by atoms with van der Waals surface area (Å²) in [4.78, 5) is 22.2. The predicted octanol–water partition coefficient (Wildman–Crippen LogP) is 4.33. The summed E-state index contributed by atoms with van der Waals surface area (Å²) in [6, 6.07) is 16.1. The maximum absolute atomic E-state index is 12.5. The van der Waals surface area contributed by atoms with Gasteiger partial charge in [0.1, 0.15) is 11.3 Å². The van der Waals surface area contributed by atoms with Crippen LogP contribution in [0.5, 0.6) is 0 Å². The van der Waals surface area contributed by atoms with E-state index in [-0.39, 0.29) is 11.3 Å². The Kier molecular flexibility index (Phi) is 5.92. The maximum Gasteiger partial charge on any atom is 0.264 e. The van der Waals surface area contributed by atoms with Crippen LogP contribution < -0.4 is 4.72 Å². The molecule has 2 aromatic carbocycles. The highest BCUT2D eigenvalue weighted by Gasteiger charge is 2.30. The molecule has 5 rings (SSSR count). The van der Waals surface area contributed by atoms with Crippen LogP contribution >= 0.6 is 0 Å². The van der Waals surface area contributed by atoms with Crippen LogP contribution in [-0.4, -0.2) is 28.9 Å². The number of aromatic nitrogens is 3. The van der Waals surface area contributed by atoms with Crippen LogP contribution in [0.1, 0.15) is 52.5 Å². The van der Waals surface area contributed by atoms with Gasteiger partial charge in [0.2, 0.25) is 5.91 Å². The first-order chi connectivity index (χ1) is 16.7. The van der Waals surface area contributed by atoms with Crippen molar-refractivity contribution < 1.29 is 13.2 Å². The maximum atomic E-state index is 12.5. The molecule has 0 bridgehead atoms. The summed E-state index contributed by atoms with van der Waals surface area (Å²) >= 11 is 0. The van der Waals surface area contributed by atoms with E-state index in [2.05, 4.69) is 22.3 Å². The third-order valence-electron chi connectivity index (χ3n) is 6.30. The normalized spacial score (nSPS) is 13.8. The lowest BCUT2D eigenvalue weighted by atomic mass is 10.1. The number of benzene rings is 2. The number of sulfonamides is 1. The molecule has 2 heterocycles. The standard InChI is InChI=1S/C27H28N4O3S/c1-17-4-12-23(13-5-17)35(33,34)30-24(32)15-20-6-8-21(9-7-20)16-31-26(22-10-11-22)29-25-18(2)14-19(3)28-27(25)31/h4-9,12-14,22H,10-11,15-16H2,1-3H3,(H,30,32). The van der Waals surface area contributed by atoms with Crippen molar-refractivity contribution in [2.45, 2.75) is 57.4 Å². The summed E-state index contributed by atoms with van der Waals surface area (Å²) in [5.41, 5.74) is 6.74. The Balaban J connectivity index is 1.31. The number of hydrogen-bond acceptors (Lipinski definition) is 5. The van der Waals surface area contributed by atoms with Crippen molar-refractivity contribution in [3.05, 3.63) is 88.4 Å². The van der Waals surface area contributed by atoms with Crippen molar-refractivity contribution in [1.82, 2.24) is 19.3 Å². The zero-order valence-corrected chi connectivity index (χ0v) is 20.9. The molecule has 1 fully saturated rings.